The number of hydrogen-bond acceptors (Lipinski definition) is 4. The summed E-state index contributed by atoms with van der Waals surface area (Å²) in [7, 11) is 0. The van der Waals surface area contributed by atoms with Crippen molar-refractivity contribution in [1.82, 2.24) is 15.3 Å². The third-order valence-corrected chi connectivity index (χ3v) is 3.58. The Balaban J connectivity index is 1.86. The normalized spacial score (nSPS) is 28.4. The molecule has 0 amide bonds. The molecule has 3 heterocycles. The molecule has 86 valence electrons. The van der Waals surface area contributed by atoms with Gasteiger partial charge in [0, 0.05) is 38.1 Å². The van der Waals surface area contributed by atoms with Crippen LogP contribution in [0.4, 0.5) is 5.82 Å². The SMILES string of the molecule is Cc1cnc(N2CC3CNCC3C2)c(=O)[nH]1. The van der Waals surface area contributed by atoms with E-state index in [-0.39, 0.29) is 5.56 Å². The first-order valence-corrected chi connectivity index (χ1v) is 5.75. The van der Waals surface area contributed by atoms with Crippen LogP contribution in [0.3, 0.4) is 0 Å². The van der Waals surface area contributed by atoms with Crippen LogP contribution >= 0.6 is 0 Å². The van der Waals surface area contributed by atoms with Crippen molar-refractivity contribution in [2.24, 2.45) is 11.8 Å². The van der Waals surface area contributed by atoms with E-state index in [4.69, 9.17) is 0 Å². The highest BCUT2D eigenvalue weighted by molar-refractivity contribution is 5.38. The van der Waals surface area contributed by atoms with Gasteiger partial charge >= 0.3 is 0 Å². The smallest absolute Gasteiger partial charge is 0.291 e. The summed E-state index contributed by atoms with van der Waals surface area (Å²) in [6.07, 6.45) is 1.73. The largest absolute Gasteiger partial charge is 0.351 e. The number of H-pyrrole nitrogens is 1. The standard InChI is InChI=1S/C11H16N4O/c1-7-2-13-10(11(16)14-7)15-5-8-3-12-4-9(8)6-15/h2,8-9,12H,3-6H2,1H3,(H,14,16). The maximum absolute atomic E-state index is 11.8. The molecule has 0 aliphatic carbocycles. The number of anilines is 1. The van der Waals surface area contributed by atoms with Crippen LogP contribution in [0.2, 0.25) is 0 Å². The van der Waals surface area contributed by atoms with Gasteiger partial charge in [-0.1, -0.05) is 0 Å². The summed E-state index contributed by atoms with van der Waals surface area (Å²) in [4.78, 5) is 20.9. The molecule has 2 unspecified atom stereocenters. The molecule has 5 nitrogen and oxygen atoms in total. The molecule has 0 spiro atoms. The molecule has 2 atom stereocenters. The summed E-state index contributed by atoms with van der Waals surface area (Å²) >= 11 is 0. The first-order valence-electron chi connectivity index (χ1n) is 5.75. The van der Waals surface area contributed by atoms with Crippen LogP contribution in [0.25, 0.3) is 0 Å². The lowest BCUT2D eigenvalue weighted by Crippen LogP contribution is -2.31. The maximum Gasteiger partial charge on any atom is 0.291 e. The lowest BCUT2D eigenvalue weighted by molar-refractivity contribution is 0.533. The minimum absolute atomic E-state index is 0.0621. The van der Waals surface area contributed by atoms with E-state index < -0.39 is 0 Å². The van der Waals surface area contributed by atoms with E-state index in [2.05, 4.69) is 20.2 Å². The Kier molecular flexibility index (Phi) is 2.21. The van der Waals surface area contributed by atoms with E-state index >= 15 is 0 Å². The zero-order chi connectivity index (χ0) is 11.1. The third-order valence-electron chi connectivity index (χ3n) is 3.58. The van der Waals surface area contributed by atoms with Crippen molar-refractivity contribution >= 4 is 5.82 Å². The highest BCUT2D eigenvalue weighted by Gasteiger charge is 2.37. The van der Waals surface area contributed by atoms with Gasteiger partial charge in [-0.25, -0.2) is 4.98 Å². The molecule has 0 saturated carbocycles. The molecule has 2 aliphatic heterocycles. The van der Waals surface area contributed by atoms with Crippen molar-refractivity contribution in [1.29, 1.82) is 0 Å². The van der Waals surface area contributed by atoms with Gasteiger partial charge in [0.15, 0.2) is 5.82 Å². The van der Waals surface area contributed by atoms with Gasteiger partial charge in [0.05, 0.1) is 0 Å². The molecule has 0 aromatic carbocycles. The van der Waals surface area contributed by atoms with Crippen molar-refractivity contribution in [2.75, 3.05) is 31.1 Å². The van der Waals surface area contributed by atoms with Crippen LogP contribution in [0.15, 0.2) is 11.0 Å². The maximum atomic E-state index is 11.8. The number of nitrogens with one attached hydrogen (secondary N) is 2. The number of hydrogen-bond donors (Lipinski definition) is 2. The molecule has 2 fully saturated rings. The first kappa shape index (κ1) is 9.84. The summed E-state index contributed by atoms with van der Waals surface area (Å²) < 4.78 is 0. The Bertz CT molecular complexity index is 444. The lowest BCUT2D eigenvalue weighted by Gasteiger charge is -2.17. The minimum atomic E-state index is -0.0621. The van der Waals surface area contributed by atoms with Crippen molar-refractivity contribution in [2.45, 2.75) is 6.92 Å². The first-order chi connectivity index (χ1) is 7.74. The van der Waals surface area contributed by atoms with Gasteiger partial charge in [0.25, 0.3) is 5.56 Å². The van der Waals surface area contributed by atoms with Gasteiger partial charge in [-0.05, 0) is 18.8 Å². The molecule has 16 heavy (non-hydrogen) atoms. The number of nitrogens with zero attached hydrogens (tertiary/aromatic N) is 2. The summed E-state index contributed by atoms with van der Waals surface area (Å²) in [5, 5.41) is 3.39. The van der Waals surface area contributed by atoms with Crippen molar-refractivity contribution in [3.8, 4) is 0 Å². The van der Waals surface area contributed by atoms with E-state index in [9.17, 15) is 4.79 Å². The second-order valence-corrected chi connectivity index (χ2v) is 4.80. The van der Waals surface area contributed by atoms with Crippen LogP contribution < -0.4 is 15.8 Å². The molecule has 0 radical (unpaired) electrons. The fourth-order valence-corrected chi connectivity index (χ4v) is 2.74. The monoisotopic (exact) mass is 220 g/mol. The van der Waals surface area contributed by atoms with E-state index in [1.165, 1.54) is 0 Å². The average Bonchev–Trinajstić information content (AvgIpc) is 2.76. The minimum Gasteiger partial charge on any atom is -0.351 e. The predicted octanol–water partition coefficient (Wildman–Crippen LogP) is -0.266. The van der Waals surface area contributed by atoms with Crippen molar-refractivity contribution in [3.63, 3.8) is 0 Å². The lowest BCUT2D eigenvalue weighted by atomic mass is 10.0. The van der Waals surface area contributed by atoms with E-state index in [1.54, 1.807) is 6.20 Å². The number of fused-ring (bicyclic) bond motifs is 1. The highest BCUT2D eigenvalue weighted by atomic mass is 16.1. The average molecular weight is 220 g/mol. The zero-order valence-electron chi connectivity index (χ0n) is 9.36. The molecule has 1 aromatic rings. The Morgan fingerprint density at radius 3 is 2.69 bits per heavy atom. The summed E-state index contributed by atoms with van der Waals surface area (Å²) in [6.45, 7) is 5.91. The highest BCUT2D eigenvalue weighted by Crippen LogP contribution is 2.27. The van der Waals surface area contributed by atoms with Crippen LogP contribution in [0.1, 0.15) is 5.69 Å². The van der Waals surface area contributed by atoms with Crippen LogP contribution in [0.5, 0.6) is 0 Å². The summed E-state index contributed by atoms with van der Waals surface area (Å²) in [6, 6.07) is 0. The number of rotatable bonds is 1. The fourth-order valence-electron chi connectivity index (χ4n) is 2.74. The number of aromatic amines is 1. The molecule has 5 heteroatoms. The molecule has 3 rings (SSSR count). The van der Waals surface area contributed by atoms with Crippen molar-refractivity contribution in [3.05, 3.63) is 22.2 Å². The second-order valence-electron chi connectivity index (χ2n) is 4.80. The topological polar surface area (TPSA) is 61.0 Å². The number of aryl methyl sites for hydroxylation is 1. The Hall–Kier alpha value is -1.36. The Labute approximate surface area is 93.9 Å². The van der Waals surface area contributed by atoms with E-state index in [1.807, 2.05) is 6.92 Å². The Morgan fingerprint density at radius 1 is 1.38 bits per heavy atom. The fraction of sp³-hybridized carbons (Fsp3) is 0.636. The van der Waals surface area contributed by atoms with Gasteiger partial charge in [-0.15, -0.1) is 0 Å². The van der Waals surface area contributed by atoms with Crippen LogP contribution in [-0.2, 0) is 0 Å². The molecule has 2 N–H and O–H groups in total. The summed E-state index contributed by atoms with van der Waals surface area (Å²) in [5.74, 6) is 1.95. The van der Waals surface area contributed by atoms with E-state index in [0.717, 1.165) is 31.9 Å². The van der Waals surface area contributed by atoms with Crippen molar-refractivity contribution < 1.29 is 0 Å². The van der Waals surface area contributed by atoms with E-state index in [0.29, 0.717) is 17.7 Å². The molecular formula is C11H16N4O. The zero-order valence-corrected chi connectivity index (χ0v) is 9.36. The number of aromatic nitrogens is 2. The molecular weight excluding hydrogens is 204 g/mol. The quantitative estimate of drug-likeness (QED) is 0.684. The van der Waals surface area contributed by atoms with Gasteiger partial charge in [0.2, 0.25) is 0 Å². The third kappa shape index (κ3) is 1.51. The van der Waals surface area contributed by atoms with Gasteiger partial charge in [-0.2, -0.15) is 0 Å². The predicted molar refractivity (Wildman–Crippen MR) is 61.7 cm³/mol. The molecule has 2 aliphatic rings. The van der Waals surface area contributed by atoms with Crippen LogP contribution in [0, 0.1) is 18.8 Å². The Morgan fingerprint density at radius 2 is 2.06 bits per heavy atom. The van der Waals surface area contributed by atoms with Gasteiger partial charge in [0.1, 0.15) is 0 Å². The summed E-state index contributed by atoms with van der Waals surface area (Å²) in [5.41, 5.74) is 0.753. The van der Waals surface area contributed by atoms with Gasteiger partial charge in [-0.3, -0.25) is 4.79 Å². The second kappa shape index (κ2) is 3.59. The molecule has 1 aromatic heterocycles. The molecule has 0 bridgehead atoms. The van der Waals surface area contributed by atoms with Crippen LogP contribution in [-0.4, -0.2) is 36.1 Å². The van der Waals surface area contributed by atoms with Gasteiger partial charge < -0.3 is 15.2 Å². The molecule has 2 saturated heterocycles.